The maximum Gasteiger partial charge on any atom is 0.0541 e. The van der Waals surface area contributed by atoms with Gasteiger partial charge in [0.1, 0.15) is 0 Å². The molecule has 0 aliphatic rings. The van der Waals surface area contributed by atoms with E-state index in [1.807, 2.05) is 0 Å². The minimum atomic E-state index is 1.13. The van der Waals surface area contributed by atoms with Crippen molar-refractivity contribution in [3.05, 3.63) is 243 Å². The number of para-hydroxylation sites is 2. The lowest BCUT2D eigenvalue weighted by Gasteiger charge is -2.13. The topological polar surface area (TPSA) is 9.86 Å². The lowest BCUT2D eigenvalue weighted by molar-refractivity contribution is 1.18. The van der Waals surface area contributed by atoms with E-state index >= 15 is 0 Å². The van der Waals surface area contributed by atoms with Crippen LogP contribution in [0.2, 0.25) is 0 Å². The van der Waals surface area contributed by atoms with Crippen LogP contribution in [0.3, 0.4) is 0 Å². The van der Waals surface area contributed by atoms with Crippen molar-refractivity contribution in [2.24, 2.45) is 0 Å². The third kappa shape index (κ3) is 6.12. The molecule has 0 amide bonds. The van der Waals surface area contributed by atoms with Gasteiger partial charge >= 0.3 is 0 Å². The van der Waals surface area contributed by atoms with Gasteiger partial charge in [-0.1, -0.05) is 158 Å². The van der Waals surface area contributed by atoms with Crippen LogP contribution in [-0.2, 0) is 0 Å². The van der Waals surface area contributed by atoms with Gasteiger partial charge in [0.2, 0.25) is 0 Å². The normalized spacial score (nSPS) is 11.5. The second-order valence-corrected chi connectivity index (χ2v) is 16.2. The highest BCUT2D eigenvalue weighted by Crippen LogP contribution is 2.40. The van der Waals surface area contributed by atoms with Crippen molar-refractivity contribution in [1.82, 2.24) is 9.13 Å². The molecule has 0 aliphatic heterocycles. The molecule has 0 unspecified atom stereocenters. The van der Waals surface area contributed by atoms with Gasteiger partial charge in [-0.15, -0.1) is 0 Å². The summed E-state index contributed by atoms with van der Waals surface area (Å²) in [7, 11) is 0. The predicted molar refractivity (Wildman–Crippen MR) is 262 cm³/mol. The van der Waals surface area contributed by atoms with Gasteiger partial charge in [0.25, 0.3) is 0 Å². The Labute approximate surface area is 360 Å². The molecular weight excluding hydrogens is 749 g/mol. The van der Waals surface area contributed by atoms with Gasteiger partial charge in [0.05, 0.1) is 22.1 Å². The molecule has 0 spiro atoms. The molecule has 10 aromatic carbocycles. The van der Waals surface area contributed by atoms with Crippen LogP contribution in [-0.4, -0.2) is 9.13 Å². The summed E-state index contributed by atoms with van der Waals surface area (Å²) in [5.41, 5.74) is 19.1. The lowest BCUT2D eigenvalue weighted by atomic mass is 9.93. The van der Waals surface area contributed by atoms with E-state index in [0.717, 1.165) is 5.69 Å². The first-order valence-corrected chi connectivity index (χ1v) is 21.3. The summed E-state index contributed by atoms with van der Waals surface area (Å²) in [6, 6.07) is 88.4. The van der Waals surface area contributed by atoms with E-state index < -0.39 is 0 Å². The predicted octanol–water partition coefficient (Wildman–Crippen LogP) is 16.2. The molecule has 2 heterocycles. The summed E-state index contributed by atoms with van der Waals surface area (Å²) >= 11 is 0. The number of hydrogen-bond donors (Lipinski definition) is 0. The highest BCUT2D eigenvalue weighted by Gasteiger charge is 2.17. The number of rotatable bonds is 7. The van der Waals surface area contributed by atoms with E-state index in [1.54, 1.807) is 0 Å². The van der Waals surface area contributed by atoms with Gasteiger partial charge in [0, 0.05) is 32.9 Å². The zero-order valence-corrected chi connectivity index (χ0v) is 34.0. The van der Waals surface area contributed by atoms with E-state index in [2.05, 4.69) is 252 Å². The third-order valence-corrected chi connectivity index (χ3v) is 12.5. The molecule has 0 radical (unpaired) electrons. The fraction of sp³-hybridized carbons (Fsp3) is 0. The summed E-state index contributed by atoms with van der Waals surface area (Å²) in [6.45, 7) is 0. The fourth-order valence-corrected chi connectivity index (χ4v) is 9.49. The Bertz CT molecular complexity index is 3520. The minimum Gasteiger partial charge on any atom is -0.309 e. The van der Waals surface area contributed by atoms with Crippen LogP contribution in [0.5, 0.6) is 0 Å². The number of hydrogen-bond acceptors (Lipinski definition) is 0. The van der Waals surface area contributed by atoms with Gasteiger partial charge in [-0.3, -0.25) is 0 Å². The molecular formula is C60H40N2. The Hall–Kier alpha value is -8.20. The van der Waals surface area contributed by atoms with Crippen LogP contribution in [0, 0.1) is 0 Å². The Morgan fingerprint density at radius 1 is 0.177 bits per heavy atom. The molecule has 12 rings (SSSR count). The van der Waals surface area contributed by atoms with Gasteiger partial charge in [0.15, 0.2) is 0 Å². The summed E-state index contributed by atoms with van der Waals surface area (Å²) < 4.78 is 4.81. The van der Waals surface area contributed by atoms with Crippen molar-refractivity contribution in [3.63, 3.8) is 0 Å². The van der Waals surface area contributed by atoms with Gasteiger partial charge in [-0.05, 0) is 141 Å². The molecule has 0 bridgehead atoms. The maximum atomic E-state index is 2.43. The van der Waals surface area contributed by atoms with E-state index in [1.165, 1.54) is 105 Å². The molecule has 0 saturated heterocycles. The van der Waals surface area contributed by atoms with E-state index in [0.29, 0.717) is 0 Å². The molecule has 2 aromatic heterocycles. The quantitative estimate of drug-likeness (QED) is 0.152. The zero-order valence-electron chi connectivity index (χ0n) is 34.0. The molecule has 12 aromatic rings. The number of fused-ring (bicyclic) bond motifs is 6. The first kappa shape index (κ1) is 35.7. The first-order valence-electron chi connectivity index (χ1n) is 21.3. The van der Waals surface area contributed by atoms with Gasteiger partial charge in [-0.25, -0.2) is 0 Å². The highest BCUT2D eigenvalue weighted by atomic mass is 15.0. The first-order chi connectivity index (χ1) is 30.7. The van der Waals surface area contributed by atoms with Crippen LogP contribution >= 0.6 is 0 Å². The van der Waals surface area contributed by atoms with Gasteiger partial charge < -0.3 is 9.13 Å². The van der Waals surface area contributed by atoms with Crippen molar-refractivity contribution in [3.8, 4) is 67.0 Å². The Morgan fingerprint density at radius 3 is 0.952 bits per heavy atom. The van der Waals surface area contributed by atoms with Crippen molar-refractivity contribution in [1.29, 1.82) is 0 Å². The number of aromatic nitrogens is 2. The number of benzene rings is 10. The molecule has 0 atom stereocenters. The average molecular weight is 789 g/mol. The van der Waals surface area contributed by atoms with Crippen LogP contribution in [0.15, 0.2) is 243 Å². The van der Waals surface area contributed by atoms with E-state index in [4.69, 9.17) is 0 Å². The monoisotopic (exact) mass is 788 g/mol. The smallest absolute Gasteiger partial charge is 0.0541 e. The summed E-state index contributed by atoms with van der Waals surface area (Å²) in [5, 5.41) is 4.97. The fourth-order valence-electron chi connectivity index (χ4n) is 9.49. The summed E-state index contributed by atoms with van der Waals surface area (Å²) in [5.74, 6) is 0. The van der Waals surface area contributed by atoms with Crippen molar-refractivity contribution in [2.75, 3.05) is 0 Å². The number of nitrogens with zero attached hydrogens (tertiary/aromatic N) is 2. The third-order valence-electron chi connectivity index (χ3n) is 12.5. The van der Waals surface area contributed by atoms with Crippen molar-refractivity contribution >= 4 is 43.6 Å². The summed E-state index contributed by atoms with van der Waals surface area (Å²) in [6.07, 6.45) is 0. The molecule has 62 heavy (non-hydrogen) atoms. The highest BCUT2D eigenvalue weighted by molar-refractivity contribution is 6.13. The Balaban J connectivity index is 1.00. The standard InChI is InChI=1S/C60H40N2/c1-5-15-41(16-6-1)45-27-32-59-55(38-45)56-40-47(46-28-33-58-54(39-46)53-23-13-14-24-57(53)61(58)51-21-11-4-12-22-51)29-34-60(56)62(59)52-30-25-44(26-31-52)50-36-48(42-17-7-2-8-18-42)35-49(37-50)43-19-9-3-10-20-43/h1-40H. The Morgan fingerprint density at radius 2 is 0.484 bits per heavy atom. The molecule has 0 fully saturated rings. The molecule has 2 nitrogen and oxygen atoms in total. The van der Waals surface area contributed by atoms with Crippen LogP contribution in [0.25, 0.3) is 111 Å². The minimum absolute atomic E-state index is 1.13. The van der Waals surface area contributed by atoms with Crippen LogP contribution in [0.1, 0.15) is 0 Å². The SMILES string of the molecule is c1ccc(-c2cc(-c3ccccc3)cc(-c3ccc(-n4c5ccc(-c6ccccc6)cc5c5cc(-c6ccc7c(c6)c6ccccc6n7-c6ccccc6)ccc54)cc3)c2)cc1. The van der Waals surface area contributed by atoms with Gasteiger partial charge in [-0.2, -0.15) is 0 Å². The largest absolute Gasteiger partial charge is 0.309 e. The van der Waals surface area contributed by atoms with Crippen molar-refractivity contribution < 1.29 is 0 Å². The lowest BCUT2D eigenvalue weighted by Crippen LogP contribution is -1.94. The molecule has 2 heteroatoms. The molecule has 290 valence electrons. The molecule has 0 aliphatic carbocycles. The van der Waals surface area contributed by atoms with Crippen LogP contribution in [0.4, 0.5) is 0 Å². The Kier molecular flexibility index (Phi) is 8.53. The second-order valence-electron chi connectivity index (χ2n) is 16.2. The average Bonchev–Trinajstić information content (AvgIpc) is 3.87. The zero-order chi connectivity index (χ0) is 41.0. The van der Waals surface area contributed by atoms with Crippen molar-refractivity contribution in [2.45, 2.75) is 0 Å². The van der Waals surface area contributed by atoms with E-state index in [-0.39, 0.29) is 0 Å². The molecule has 0 saturated carbocycles. The van der Waals surface area contributed by atoms with Crippen LogP contribution < -0.4 is 0 Å². The van der Waals surface area contributed by atoms with E-state index in [9.17, 15) is 0 Å². The maximum absolute atomic E-state index is 2.43. The second kappa shape index (κ2) is 14.8. The summed E-state index contributed by atoms with van der Waals surface area (Å²) in [4.78, 5) is 0. The molecule has 0 N–H and O–H groups in total.